The molecule has 0 aromatic heterocycles. The predicted molar refractivity (Wildman–Crippen MR) is 142 cm³/mol. The van der Waals surface area contributed by atoms with Gasteiger partial charge < -0.3 is 19.7 Å². The second-order valence-corrected chi connectivity index (χ2v) is 10.3. The Kier molecular flexibility index (Phi) is 9.38. The van der Waals surface area contributed by atoms with Crippen LogP contribution >= 0.6 is 23.8 Å². The molecule has 0 saturated carbocycles. The number of anilines is 1. The number of hydrogen-bond acceptors (Lipinski definition) is 4. The van der Waals surface area contributed by atoms with Crippen LogP contribution in [0.2, 0.25) is 5.02 Å². The lowest BCUT2D eigenvalue weighted by Crippen LogP contribution is -2.40. The fraction of sp³-hybridized carbons (Fsp3) is 0.500. The molecule has 1 aliphatic rings. The summed E-state index contributed by atoms with van der Waals surface area (Å²) in [6, 6.07) is 14.4. The number of benzene rings is 2. The maximum Gasteiger partial charge on any atom is 0.173 e. The summed E-state index contributed by atoms with van der Waals surface area (Å²) in [5, 5.41) is 4.68. The SMILES string of the molecule is COc1cc(Cl)ccc1NC(=S)N(CCCN1CCOCC1)Cc1ccc(C(C)(C)C)cc1. The Morgan fingerprint density at radius 1 is 1.15 bits per heavy atom. The van der Waals surface area contributed by atoms with E-state index in [1.807, 2.05) is 12.1 Å². The number of morpholine rings is 1. The molecule has 1 aliphatic heterocycles. The standard InChI is InChI=1S/C26H36ClN3O2S/c1-26(2,3)21-8-6-20(7-9-21)19-30(13-5-12-29-14-16-32-17-15-29)25(33)28-23-11-10-22(27)18-24(23)31-4/h6-11,18H,5,12-17,19H2,1-4H3,(H,28,33). The molecule has 33 heavy (non-hydrogen) atoms. The molecule has 1 N–H and O–H groups in total. The Morgan fingerprint density at radius 3 is 2.48 bits per heavy atom. The summed E-state index contributed by atoms with van der Waals surface area (Å²) in [6.45, 7) is 13.0. The van der Waals surface area contributed by atoms with E-state index >= 15 is 0 Å². The highest BCUT2D eigenvalue weighted by Gasteiger charge is 2.17. The number of methoxy groups -OCH3 is 1. The van der Waals surface area contributed by atoms with Gasteiger partial charge in [0.25, 0.3) is 0 Å². The lowest BCUT2D eigenvalue weighted by molar-refractivity contribution is 0.0368. The predicted octanol–water partition coefficient (Wildman–Crippen LogP) is 5.57. The fourth-order valence-corrected chi connectivity index (χ4v) is 4.28. The highest BCUT2D eigenvalue weighted by molar-refractivity contribution is 7.80. The van der Waals surface area contributed by atoms with Crippen molar-refractivity contribution in [1.29, 1.82) is 0 Å². The highest BCUT2D eigenvalue weighted by Crippen LogP contribution is 2.28. The smallest absolute Gasteiger partial charge is 0.173 e. The van der Waals surface area contributed by atoms with E-state index in [0.29, 0.717) is 15.9 Å². The normalized spacial score (nSPS) is 14.7. The van der Waals surface area contributed by atoms with Crippen LogP contribution in [0.3, 0.4) is 0 Å². The van der Waals surface area contributed by atoms with Gasteiger partial charge in [-0.05, 0) is 47.3 Å². The molecule has 5 nitrogen and oxygen atoms in total. The fourth-order valence-electron chi connectivity index (χ4n) is 3.86. The Bertz CT molecular complexity index is 909. The van der Waals surface area contributed by atoms with Gasteiger partial charge in [0.2, 0.25) is 0 Å². The van der Waals surface area contributed by atoms with Crippen LogP contribution in [0.15, 0.2) is 42.5 Å². The van der Waals surface area contributed by atoms with Crippen molar-refractivity contribution in [1.82, 2.24) is 9.80 Å². The largest absolute Gasteiger partial charge is 0.495 e. The minimum atomic E-state index is 0.137. The molecule has 0 amide bonds. The molecule has 0 spiro atoms. The van der Waals surface area contributed by atoms with Crippen molar-refractivity contribution in [2.75, 3.05) is 51.8 Å². The first kappa shape index (κ1) is 25.8. The molecule has 0 aliphatic carbocycles. The maximum atomic E-state index is 6.12. The second-order valence-electron chi connectivity index (χ2n) is 9.45. The molecule has 0 radical (unpaired) electrons. The summed E-state index contributed by atoms with van der Waals surface area (Å²) in [6.07, 6.45) is 1.03. The molecule has 3 rings (SSSR count). The van der Waals surface area contributed by atoms with Gasteiger partial charge in [-0.2, -0.15) is 0 Å². The minimum Gasteiger partial charge on any atom is -0.495 e. The molecular formula is C26H36ClN3O2S. The summed E-state index contributed by atoms with van der Waals surface area (Å²) >= 11 is 12.0. The summed E-state index contributed by atoms with van der Waals surface area (Å²) in [4.78, 5) is 4.69. The monoisotopic (exact) mass is 489 g/mol. The minimum absolute atomic E-state index is 0.137. The van der Waals surface area contributed by atoms with Crippen LogP contribution in [0.5, 0.6) is 5.75 Å². The Morgan fingerprint density at radius 2 is 1.85 bits per heavy atom. The molecule has 180 valence electrons. The number of halogens is 1. The van der Waals surface area contributed by atoms with E-state index in [9.17, 15) is 0 Å². The summed E-state index contributed by atoms with van der Waals surface area (Å²) < 4.78 is 11.0. The second kappa shape index (κ2) is 12.0. The number of nitrogens with zero attached hydrogens (tertiary/aromatic N) is 2. The van der Waals surface area contributed by atoms with Crippen LogP contribution in [-0.4, -0.2) is 61.4 Å². The number of thiocarbonyl (C=S) groups is 1. The lowest BCUT2D eigenvalue weighted by atomic mass is 9.87. The third-order valence-electron chi connectivity index (χ3n) is 5.89. The third-order valence-corrected chi connectivity index (χ3v) is 6.49. The van der Waals surface area contributed by atoms with Gasteiger partial charge >= 0.3 is 0 Å². The van der Waals surface area contributed by atoms with E-state index in [0.717, 1.165) is 58.0 Å². The van der Waals surface area contributed by atoms with E-state index in [-0.39, 0.29) is 5.41 Å². The first-order valence-electron chi connectivity index (χ1n) is 11.6. The number of rotatable bonds is 8. The number of ether oxygens (including phenoxy) is 2. The van der Waals surface area contributed by atoms with E-state index in [2.05, 4.69) is 60.2 Å². The van der Waals surface area contributed by atoms with Gasteiger partial charge in [0.15, 0.2) is 5.11 Å². The van der Waals surface area contributed by atoms with Gasteiger partial charge in [-0.1, -0.05) is 56.6 Å². The molecule has 1 fully saturated rings. The molecule has 1 heterocycles. The molecule has 0 atom stereocenters. The molecule has 0 bridgehead atoms. The molecule has 2 aromatic carbocycles. The van der Waals surface area contributed by atoms with Crippen LogP contribution in [0.1, 0.15) is 38.3 Å². The highest BCUT2D eigenvalue weighted by atomic mass is 35.5. The van der Waals surface area contributed by atoms with Gasteiger partial charge in [-0.15, -0.1) is 0 Å². The molecular weight excluding hydrogens is 454 g/mol. The Balaban J connectivity index is 1.70. The van der Waals surface area contributed by atoms with Crippen molar-refractivity contribution in [3.8, 4) is 5.75 Å². The van der Waals surface area contributed by atoms with Crippen LogP contribution in [0.25, 0.3) is 0 Å². The van der Waals surface area contributed by atoms with Crippen LogP contribution in [-0.2, 0) is 16.7 Å². The Labute approximate surface area is 209 Å². The van der Waals surface area contributed by atoms with Gasteiger partial charge in [0.1, 0.15) is 5.75 Å². The third kappa shape index (κ3) is 7.85. The van der Waals surface area contributed by atoms with Crippen molar-refractivity contribution in [3.63, 3.8) is 0 Å². The lowest BCUT2D eigenvalue weighted by Gasteiger charge is -2.30. The van der Waals surface area contributed by atoms with Crippen LogP contribution in [0, 0.1) is 0 Å². The van der Waals surface area contributed by atoms with Crippen LogP contribution in [0.4, 0.5) is 5.69 Å². The van der Waals surface area contributed by atoms with Crippen molar-refractivity contribution in [2.45, 2.75) is 39.2 Å². The molecule has 0 unspecified atom stereocenters. The van der Waals surface area contributed by atoms with Gasteiger partial charge in [-0.25, -0.2) is 0 Å². The van der Waals surface area contributed by atoms with E-state index in [4.69, 9.17) is 33.3 Å². The van der Waals surface area contributed by atoms with Crippen molar-refractivity contribution < 1.29 is 9.47 Å². The van der Waals surface area contributed by atoms with Crippen molar-refractivity contribution in [2.24, 2.45) is 0 Å². The number of hydrogen-bond donors (Lipinski definition) is 1. The van der Waals surface area contributed by atoms with Crippen LogP contribution < -0.4 is 10.1 Å². The molecule has 7 heteroatoms. The van der Waals surface area contributed by atoms with Gasteiger partial charge in [0.05, 0.1) is 26.0 Å². The Hall–Kier alpha value is -1.86. The van der Waals surface area contributed by atoms with Crippen molar-refractivity contribution >= 4 is 34.6 Å². The topological polar surface area (TPSA) is 37.0 Å². The summed E-state index contributed by atoms with van der Waals surface area (Å²) in [7, 11) is 1.64. The van der Waals surface area contributed by atoms with Gasteiger partial charge in [-0.3, -0.25) is 4.90 Å². The summed E-state index contributed by atoms with van der Waals surface area (Å²) in [5.74, 6) is 0.674. The zero-order chi connectivity index (χ0) is 23.8. The van der Waals surface area contributed by atoms with E-state index in [1.165, 1.54) is 11.1 Å². The average Bonchev–Trinajstić information content (AvgIpc) is 2.80. The zero-order valence-corrected chi connectivity index (χ0v) is 21.8. The first-order chi connectivity index (χ1) is 15.8. The number of nitrogens with one attached hydrogen (secondary N) is 1. The zero-order valence-electron chi connectivity index (χ0n) is 20.2. The van der Waals surface area contributed by atoms with Gasteiger partial charge in [0, 0.05) is 43.8 Å². The maximum absolute atomic E-state index is 6.12. The first-order valence-corrected chi connectivity index (χ1v) is 12.3. The average molecular weight is 490 g/mol. The molecule has 1 saturated heterocycles. The van der Waals surface area contributed by atoms with E-state index in [1.54, 1.807) is 13.2 Å². The van der Waals surface area contributed by atoms with E-state index < -0.39 is 0 Å². The summed E-state index contributed by atoms with van der Waals surface area (Å²) in [5.41, 5.74) is 3.52. The molecule has 2 aromatic rings. The van der Waals surface area contributed by atoms with Crippen molar-refractivity contribution in [3.05, 3.63) is 58.6 Å². The quantitative estimate of drug-likeness (QED) is 0.489.